The van der Waals surface area contributed by atoms with Crippen LogP contribution in [0.4, 0.5) is 0 Å². The first kappa shape index (κ1) is 81.7. The van der Waals surface area contributed by atoms with Gasteiger partial charge in [-0.2, -0.15) is 0 Å². The molecule has 0 radical (unpaired) electrons. The molecular formula is C133H85N5S. The second-order valence-corrected chi connectivity index (χ2v) is 36.9. The summed E-state index contributed by atoms with van der Waals surface area (Å²) in [6, 6.07) is 179. The van der Waals surface area contributed by atoms with Crippen LogP contribution in [0.3, 0.4) is 0 Å². The average molecular weight is 1790 g/mol. The zero-order valence-electron chi connectivity index (χ0n) is 75.7. The topological polar surface area (TPSA) is 48.5 Å². The van der Waals surface area contributed by atoms with E-state index in [1.807, 2.05) is 23.7 Å². The Morgan fingerprint density at radius 1 is 0.165 bits per heavy atom. The Morgan fingerprint density at radius 2 is 0.482 bits per heavy atom. The SMILES string of the molecule is c1ccc(-c2c3ccccc3c(-c3ccc(-c4ccc(-c5ccc6sc7ccc8ccccc8c7c6c5)cc4)nc3)c3ccccc23)cc1.c1ccc(-c2c3ccccc3c(-c3ccc(-c4ccc5c6ccccc6n(-c6ccccc6)c5c4)nc3)c3ccccc23)cc1.c1ccc(-c2c3ccccc3c(-c3ccc(-c4cccc5c6ccccc6n(-c6ccccc6)c45)nc3)c3ccccc23)cc1. The molecule has 0 aliphatic carbocycles. The highest BCUT2D eigenvalue weighted by Gasteiger charge is 2.25. The fraction of sp³-hybridized carbons (Fsp3) is 0. The third kappa shape index (κ3) is 14.3. The Balaban J connectivity index is 0.000000108. The van der Waals surface area contributed by atoms with E-state index in [-0.39, 0.29) is 0 Å². The molecule has 22 aromatic carbocycles. The molecule has 6 aromatic heterocycles. The molecule has 0 fully saturated rings. The molecule has 5 nitrogen and oxygen atoms in total. The molecule has 0 spiro atoms. The molecule has 0 atom stereocenters. The van der Waals surface area contributed by atoms with Crippen LogP contribution in [0.1, 0.15) is 0 Å². The maximum absolute atomic E-state index is 5.16. The molecule has 0 saturated heterocycles. The standard InChI is InChI=1S/C47H29NS.2C43H28N2/c1-2-11-33(12-3-1)45-37-14-6-8-16-39(37)46(40-17-9-7-15-38(40)45)35-22-25-42(48-29-35)32-20-18-30(19-21-32)34-24-26-43-41(28-34)47-36-13-5-4-10-31(36)23-27-44(47)49-43;1-3-14-29(15-4-1)41-33-19-7-9-21-35(33)42(36-22-10-8-20-34(36)41)30-26-27-39(44-28-30)38-24-13-23-37-32-18-11-12-25-40(32)45(43(37)38)31-16-5-2-6-17-31;1-3-13-29(14-4-1)42-35-18-7-9-20-37(35)43(38-21-10-8-19-36(38)42)31-24-26-39(44-28-31)30-23-25-34-33-17-11-12-22-40(33)45(41(34)27-30)32-15-5-2-6-16-32/h1-29H;2*1-28H. The van der Waals surface area contributed by atoms with Crippen molar-refractivity contribution >= 4 is 151 Å². The van der Waals surface area contributed by atoms with Gasteiger partial charge < -0.3 is 9.13 Å². The van der Waals surface area contributed by atoms with Gasteiger partial charge in [0.05, 0.1) is 39.1 Å². The summed E-state index contributed by atoms with van der Waals surface area (Å²) in [7, 11) is 0. The Bertz CT molecular complexity index is 9460. The van der Waals surface area contributed by atoms with Crippen molar-refractivity contribution < 1.29 is 0 Å². The van der Waals surface area contributed by atoms with Crippen molar-refractivity contribution in [3.63, 3.8) is 0 Å². The van der Waals surface area contributed by atoms with Gasteiger partial charge in [-0.25, -0.2) is 0 Å². The maximum atomic E-state index is 5.16. The average Bonchev–Trinajstić information content (AvgIpc) is 1.13. The summed E-state index contributed by atoms with van der Waals surface area (Å²) in [5.74, 6) is 0. The van der Waals surface area contributed by atoms with E-state index in [0.29, 0.717) is 0 Å². The molecule has 0 aliphatic heterocycles. The van der Waals surface area contributed by atoms with Crippen molar-refractivity contribution in [1.82, 2.24) is 24.1 Å². The minimum atomic E-state index is 0.957. The third-order valence-corrected chi connectivity index (χ3v) is 29.1. The van der Waals surface area contributed by atoms with Crippen LogP contribution in [0.2, 0.25) is 0 Å². The fourth-order valence-corrected chi connectivity index (χ4v) is 22.9. The second-order valence-electron chi connectivity index (χ2n) is 35.8. The molecule has 0 unspecified atom stereocenters. The van der Waals surface area contributed by atoms with Crippen molar-refractivity contribution in [3.8, 4) is 123 Å². The number of hydrogen-bond acceptors (Lipinski definition) is 4. The van der Waals surface area contributed by atoms with Crippen LogP contribution < -0.4 is 0 Å². The monoisotopic (exact) mass is 1780 g/mol. The van der Waals surface area contributed by atoms with Gasteiger partial charge in [-0.3, -0.25) is 15.0 Å². The molecule has 0 saturated carbocycles. The summed E-state index contributed by atoms with van der Waals surface area (Å²) in [6.45, 7) is 0. The Kier molecular flexibility index (Phi) is 20.4. The van der Waals surface area contributed by atoms with Gasteiger partial charge in [0.2, 0.25) is 0 Å². The number of fused-ring (bicyclic) bond motifs is 17. The molecule has 0 N–H and O–H groups in total. The van der Waals surface area contributed by atoms with Crippen LogP contribution in [0.15, 0.2) is 516 Å². The third-order valence-electron chi connectivity index (χ3n) is 28.0. The molecule has 648 valence electrons. The lowest BCUT2D eigenvalue weighted by Crippen LogP contribution is -1.96. The highest BCUT2D eigenvalue weighted by molar-refractivity contribution is 7.26. The summed E-state index contributed by atoms with van der Waals surface area (Å²) in [4.78, 5) is 15.3. The second kappa shape index (κ2) is 34.8. The van der Waals surface area contributed by atoms with Crippen LogP contribution in [-0.4, -0.2) is 24.1 Å². The Labute approximate surface area is 807 Å². The van der Waals surface area contributed by atoms with E-state index in [0.717, 1.165) is 61.8 Å². The zero-order chi connectivity index (χ0) is 91.8. The number of aromatic nitrogens is 5. The molecular weight excluding hydrogens is 1700 g/mol. The molecule has 28 rings (SSSR count). The van der Waals surface area contributed by atoms with E-state index in [2.05, 4.69) is 513 Å². The van der Waals surface area contributed by atoms with Crippen LogP contribution in [-0.2, 0) is 0 Å². The van der Waals surface area contributed by atoms with E-state index in [4.69, 9.17) is 15.0 Å². The predicted molar refractivity (Wildman–Crippen MR) is 591 cm³/mol. The van der Waals surface area contributed by atoms with Crippen molar-refractivity contribution in [2.24, 2.45) is 0 Å². The van der Waals surface area contributed by atoms with Gasteiger partial charge >= 0.3 is 0 Å². The number of hydrogen-bond donors (Lipinski definition) is 0. The van der Waals surface area contributed by atoms with Gasteiger partial charge in [0.1, 0.15) is 0 Å². The molecule has 139 heavy (non-hydrogen) atoms. The lowest BCUT2D eigenvalue weighted by molar-refractivity contribution is 1.18. The van der Waals surface area contributed by atoms with Gasteiger partial charge in [-0.15, -0.1) is 11.3 Å². The zero-order valence-corrected chi connectivity index (χ0v) is 76.5. The van der Waals surface area contributed by atoms with E-state index >= 15 is 0 Å². The van der Waals surface area contributed by atoms with Gasteiger partial charge in [0, 0.05) is 105 Å². The first-order chi connectivity index (χ1) is 69.0. The Hall–Kier alpha value is -18.1. The van der Waals surface area contributed by atoms with Crippen LogP contribution in [0, 0.1) is 0 Å². The van der Waals surface area contributed by atoms with Crippen LogP contribution >= 0.6 is 11.3 Å². The van der Waals surface area contributed by atoms with Crippen LogP contribution in [0.25, 0.3) is 262 Å². The van der Waals surface area contributed by atoms with Crippen molar-refractivity contribution in [1.29, 1.82) is 0 Å². The first-order valence-corrected chi connectivity index (χ1v) is 48.3. The van der Waals surface area contributed by atoms with E-state index < -0.39 is 0 Å². The van der Waals surface area contributed by atoms with Gasteiger partial charge in [0.25, 0.3) is 0 Å². The van der Waals surface area contributed by atoms with E-state index in [9.17, 15) is 0 Å². The summed E-state index contributed by atoms with van der Waals surface area (Å²) in [6.07, 6.45) is 6.14. The number of thiophene rings is 1. The molecule has 6 heteroatoms. The normalized spacial score (nSPS) is 11.6. The number of rotatable bonds is 12. The van der Waals surface area contributed by atoms with Crippen molar-refractivity contribution in [2.75, 3.05) is 0 Å². The highest BCUT2D eigenvalue weighted by Crippen LogP contribution is 2.50. The molecule has 28 aromatic rings. The summed E-state index contributed by atoms with van der Waals surface area (Å²) in [5, 5.41) is 25.2. The molecule has 0 bridgehead atoms. The fourth-order valence-electron chi connectivity index (χ4n) is 21.8. The summed E-state index contributed by atoms with van der Waals surface area (Å²) < 4.78 is 7.39. The van der Waals surface area contributed by atoms with Crippen molar-refractivity contribution in [3.05, 3.63) is 516 Å². The summed E-state index contributed by atoms with van der Waals surface area (Å²) >= 11 is 1.87. The quantitative estimate of drug-likeness (QED) is 0.115. The van der Waals surface area contributed by atoms with Gasteiger partial charge in [-0.05, 0) is 215 Å². The number of pyridine rings is 3. The lowest BCUT2D eigenvalue weighted by atomic mass is 9.86. The minimum Gasteiger partial charge on any atom is -0.309 e. The maximum Gasteiger partial charge on any atom is 0.0723 e. The molecule has 0 amide bonds. The van der Waals surface area contributed by atoms with E-state index in [1.54, 1.807) is 0 Å². The number of para-hydroxylation sites is 5. The van der Waals surface area contributed by atoms with Gasteiger partial charge in [0.15, 0.2) is 0 Å². The number of nitrogens with zero attached hydrogens (tertiary/aromatic N) is 5. The van der Waals surface area contributed by atoms with Crippen molar-refractivity contribution in [2.45, 2.75) is 0 Å². The predicted octanol–water partition coefficient (Wildman–Crippen LogP) is 36.5. The smallest absolute Gasteiger partial charge is 0.0723 e. The minimum absolute atomic E-state index is 0.957. The molecule has 0 aliphatic rings. The van der Waals surface area contributed by atoms with Gasteiger partial charge in [-0.1, -0.05) is 419 Å². The Morgan fingerprint density at radius 3 is 0.921 bits per heavy atom. The number of benzene rings is 22. The highest BCUT2D eigenvalue weighted by atomic mass is 32.1. The summed E-state index contributed by atoms with van der Waals surface area (Å²) in [5.41, 5.74) is 30.2. The molecule has 6 heterocycles. The van der Waals surface area contributed by atoms with E-state index in [1.165, 1.54) is 200 Å². The first-order valence-electron chi connectivity index (χ1n) is 47.5. The largest absolute Gasteiger partial charge is 0.309 e. The van der Waals surface area contributed by atoms with Crippen LogP contribution in [0.5, 0.6) is 0 Å². The lowest BCUT2D eigenvalue weighted by Gasteiger charge is -2.17.